The van der Waals surface area contributed by atoms with E-state index in [9.17, 15) is 0 Å². The van der Waals surface area contributed by atoms with Crippen molar-refractivity contribution in [3.05, 3.63) is 93.1 Å². The van der Waals surface area contributed by atoms with Crippen LogP contribution in [0.1, 0.15) is 30.0 Å². The van der Waals surface area contributed by atoms with Crippen molar-refractivity contribution >= 4 is 34.1 Å². The molecule has 2 aromatic carbocycles. The lowest BCUT2D eigenvalue weighted by Gasteiger charge is -2.15. The minimum absolute atomic E-state index is 0.768. The Morgan fingerprint density at radius 2 is 1.55 bits per heavy atom. The molecule has 1 aromatic heterocycles. The number of hydrogen-bond donors (Lipinski definition) is 0. The van der Waals surface area contributed by atoms with Gasteiger partial charge >= 0.3 is 0 Å². The Bertz CT molecular complexity index is 753. The molecule has 0 fully saturated rings. The van der Waals surface area contributed by atoms with Gasteiger partial charge in [-0.05, 0) is 63.2 Å². The molecule has 0 radical (unpaired) electrons. The molecule has 0 nitrogen and oxygen atoms in total. The lowest BCUT2D eigenvalue weighted by atomic mass is 9.89. The van der Waals surface area contributed by atoms with E-state index in [0.717, 1.165) is 11.4 Å². The summed E-state index contributed by atoms with van der Waals surface area (Å²) in [5, 5.41) is 5.12. The second-order valence-electron chi connectivity index (χ2n) is 5.09. The molecule has 0 saturated heterocycles. The summed E-state index contributed by atoms with van der Waals surface area (Å²) in [6.45, 7) is 2.21. The van der Waals surface area contributed by atoms with Crippen LogP contribution < -0.4 is 0 Å². The van der Waals surface area contributed by atoms with Crippen LogP contribution in [-0.2, 0) is 0 Å². The number of rotatable bonds is 4. The monoisotopic (exact) mass is 324 g/mol. The number of thiophene rings is 1. The van der Waals surface area contributed by atoms with E-state index in [1.165, 1.54) is 27.8 Å². The van der Waals surface area contributed by atoms with Crippen LogP contribution in [-0.4, -0.2) is 0 Å². The summed E-state index contributed by atoms with van der Waals surface area (Å²) in [5.41, 5.74) is 6.42. The van der Waals surface area contributed by atoms with E-state index in [1.54, 1.807) is 11.3 Å². The highest BCUT2D eigenvalue weighted by molar-refractivity contribution is 7.08. The quantitative estimate of drug-likeness (QED) is 0.496. The van der Waals surface area contributed by atoms with Gasteiger partial charge in [0.15, 0.2) is 0 Å². The van der Waals surface area contributed by atoms with E-state index in [4.69, 9.17) is 11.6 Å². The van der Waals surface area contributed by atoms with Gasteiger partial charge < -0.3 is 0 Å². The van der Waals surface area contributed by atoms with Crippen LogP contribution in [0.15, 0.2) is 71.4 Å². The van der Waals surface area contributed by atoms with E-state index in [2.05, 4.69) is 66.2 Å². The van der Waals surface area contributed by atoms with E-state index < -0.39 is 0 Å². The predicted octanol–water partition coefficient (Wildman–Crippen LogP) is 6.77. The summed E-state index contributed by atoms with van der Waals surface area (Å²) >= 11 is 7.80. The normalized spacial score (nSPS) is 12.1. The molecule has 0 aliphatic carbocycles. The summed E-state index contributed by atoms with van der Waals surface area (Å²) in [4.78, 5) is 0. The van der Waals surface area contributed by atoms with Crippen molar-refractivity contribution in [3.8, 4) is 0 Å². The highest BCUT2D eigenvalue weighted by atomic mass is 35.5. The van der Waals surface area contributed by atoms with Gasteiger partial charge in [0, 0.05) is 5.02 Å². The molecule has 22 heavy (non-hydrogen) atoms. The van der Waals surface area contributed by atoms with Gasteiger partial charge in [-0.15, -0.1) is 0 Å². The number of benzene rings is 2. The summed E-state index contributed by atoms with van der Waals surface area (Å²) in [6.07, 6.45) is 0.990. The highest BCUT2D eigenvalue weighted by Crippen LogP contribution is 2.35. The summed E-state index contributed by atoms with van der Waals surface area (Å²) in [7, 11) is 0. The molecule has 0 aliphatic rings. The van der Waals surface area contributed by atoms with Crippen molar-refractivity contribution in [1.29, 1.82) is 0 Å². The van der Waals surface area contributed by atoms with Crippen molar-refractivity contribution in [1.82, 2.24) is 0 Å². The van der Waals surface area contributed by atoms with Gasteiger partial charge in [0.05, 0.1) is 0 Å². The maximum Gasteiger partial charge on any atom is 0.0406 e. The highest BCUT2D eigenvalue weighted by Gasteiger charge is 2.12. The van der Waals surface area contributed by atoms with Gasteiger partial charge in [-0.1, -0.05) is 61.0 Å². The van der Waals surface area contributed by atoms with E-state index in [-0.39, 0.29) is 0 Å². The van der Waals surface area contributed by atoms with Crippen molar-refractivity contribution in [2.45, 2.75) is 13.3 Å². The molecule has 2 heteroatoms. The molecule has 3 rings (SSSR count). The molecule has 0 spiro atoms. The van der Waals surface area contributed by atoms with Gasteiger partial charge in [-0.3, -0.25) is 0 Å². The molecule has 1 heterocycles. The lowest BCUT2D eigenvalue weighted by Crippen LogP contribution is -1.93. The molecule has 3 aromatic rings. The van der Waals surface area contributed by atoms with Crippen LogP contribution in [0.25, 0.3) is 11.1 Å². The zero-order chi connectivity index (χ0) is 15.4. The standard InChI is InChI=1S/C20H17ClS/c1-2-19(17-12-13-22-14-17)20(15-6-4-3-5-7-15)16-8-10-18(21)11-9-16/h3-14H,2H2,1H3/b20-19-. The number of hydrogen-bond acceptors (Lipinski definition) is 1. The zero-order valence-corrected chi connectivity index (χ0v) is 14.0. The van der Waals surface area contributed by atoms with E-state index in [0.29, 0.717) is 0 Å². The van der Waals surface area contributed by atoms with Crippen molar-refractivity contribution in [3.63, 3.8) is 0 Å². The Hall–Kier alpha value is -1.83. The second-order valence-corrected chi connectivity index (χ2v) is 6.31. The van der Waals surface area contributed by atoms with Gasteiger partial charge in [-0.2, -0.15) is 11.3 Å². The smallest absolute Gasteiger partial charge is 0.0406 e. The number of halogens is 1. The topological polar surface area (TPSA) is 0 Å². The fraction of sp³-hybridized carbons (Fsp3) is 0.100. The second kappa shape index (κ2) is 6.95. The average Bonchev–Trinajstić information content (AvgIpc) is 3.08. The summed E-state index contributed by atoms with van der Waals surface area (Å²) in [5.74, 6) is 0. The van der Waals surface area contributed by atoms with Gasteiger partial charge in [-0.25, -0.2) is 0 Å². The largest absolute Gasteiger partial charge is 0.152 e. The molecule has 0 bridgehead atoms. The molecule has 0 saturated carbocycles. The molecule has 0 unspecified atom stereocenters. The Kier molecular flexibility index (Phi) is 4.77. The van der Waals surface area contributed by atoms with Crippen LogP contribution in [0.2, 0.25) is 5.02 Å². The van der Waals surface area contributed by atoms with Crippen LogP contribution in [0.4, 0.5) is 0 Å². The number of allylic oxidation sites excluding steroid dienone is 1. The molecular formula is C20H17ClS. The third kappa shape index (κ3) is 3.16. The Balaban J connectivity index is 2.25. The first kappa shape index (κ1) is 15.1. The molecule has 0 amide bonds. The van der Waals surface area contributed by atoms with Gasteiger partial charge in [0.25, 0.3) is 0 Å². The first-order chi connectivity index (χ1) is 10.8. The Morgan fingerprint density at radius 3 is 2.14 bits per heavy atom. The molecular weight excluding hydrogens is 308 g/mol. The minimum Gasteiger partial charge on any atom is -0.152 e. The van der Waals surface area contributed by atoms with Crippen LogP contribution in [0.3, 0.4) is 0 Å². The Labute approximate surface area is 140 Å². The maximum absolute atomic E-state index is 6.06. The molecule has 110 valence electrons. The summed E-state index contributed by atoms with van der Waals surface area (Å²) in [6, 6.07) is 20.9. The van der Waals surface area contributed by atoms with Gasteiger partial charge in [0.1, 0.15) is 0 Å². The van der Waals surface area contributed by atoms with Crippen molar-refractivity contribution in [2.24, 2.45) is 0 Å². The van der Waals surface area contributed by atoms with Crippen LogP contribution in [0, 0.1) is 0 Å². The Morgan fingerprint density at radius 1 is 0.864 bits per heavy atom. The zero-order valence-electron chi connectivity index (χ0n) is 12.4. The van der Waals surface area contributed by atoms with E-state index >= 15 is 0 Å². The van der Waals surface area contributed by atoms with Crippen molar-refractivity contribution in [2.75, 3.05) is 0 Å². The predicted molar refractivity (Wildman–Crippen MR) is 98.4 cm³/mol. The third-order valence-corrected chi connectivity index (χ3v) is 4.66. The molecule has 0 aliphatic heterocycles. The summed E-state index contributed by atoms with van der Waals surface area (Å²) < 4.78 is 0. The fourth-order valence-corrected chi connectivity index (χ4v) is 3.50. The average molecular weight is 325 g/mol. The maximum atomic E-state index is 6.06. The SMILES string of the molecule is CC/C(=C(\c1ccccc1)c1ccc(Cl)cc1)c1ccsc1. The first-order valence-corrected chi connectivity index (χ1v) is 8.68. The minimum atomic E-state index is 0.768. The van der Waals surface area contributed by atoms with Crippen molar-refractivity contribution < 1.29 is 0 Å². The van der Waals surface area contributed by atoms with Gasteiger partial charge in [0.2, 0.25) is 0 Å². The van der Waals surface area contributed by atoms with E-state index in [1.807, 2.05) is 12.1 Å². The van der Waals surface area contributed by atoms with Crippen LogP contribution in [0.5, 0.6) is 0 Å². The molecule has 0 N–H and O–H groups in total. The molecule has 0 atom stereocenters. The van der Waals surface area contributed by atoms with Crippen LogP contribution >= 0.6 is 22.9 Å². The third-order valence-electron chi connectivity index (χ3n) is 3.72. The lowest BCUT2D eigenvalue weighted by molar-refractivity contribution is 1.24. The fourth-order valence-electron chi connectivity index (χ4n) is 2.70. The first-order valence-electron chi connectivity index (χ1n) is 7.36.